The lowest BCUT2D eigenvalue weighted by atomic mass is 9.74. The molecule has 1 saturated carbocycles. The van der Waals surface area contributed by atoms with Crippen LogP contribution >= 0.6 is 0 Å². The molecule has 108 valence electrons. The highest BCUT2D eigenvalue weighted by molar-refractivity contribution is 5.79. The van der Waals surface area contributed by atoms with E-state index in [1.54, 1.807) is 0 Å². The van der Waals surface area contributed by atoms with Gasteiger partial charge in [0.05, 0.1) is 17.6 Å². The van der Waals surface area contributed by atoms with Crippen LogP contribution in [0.1, 0.15) is 37.9 Å². The Kier molecular flexibility index (Phi) is 3.42. The van der Waals surface area contributed by atoms with Crippen LogP contribution in [-0.4, -0.2) is 21.3 Å². The third-order valence-corrected chi connectivity index (χ3v) is 4.71. The second-order valence-corrected chi connectivity index (χ2v) is 6.21. The second kappa shape index (κ2) is 5.09. The average molecular weight is 273 g/mol. The van der Waals surface area contributed by atoms with Gasteiger partial charge in [-0.3, -0.25) is 0 Å². The quantitative estimate of drug-likeness (QED) is 0.845. The molecular formula is C16H23N3O. The highest BCUT2D eigenvalue weighted by atomic mass is 16.3. The molecule has 0 unspecified atom stereocenters. The monoisotopic (exact) mass is 273 g/mol. The van der Waals surface area contributed by atoms with Gasteiger partial charge in [0.15, 0.2) is 0 Å². The number of hydrogen-bond acceptors (Lipinski definition) is 3. The summed E-state index contributed by atoms with van der Waals surface area (Å²) in [7, 11) is 0. The van der Waals surface area contributed by atoms with Crippen LogP contribution in [-0.2, 0) is 6.54 Å². The van der Waals surface area contributed by atoms with Gasteiger partial charge < -0.3 is 15.4 Å². The fraction of sp³-hybridized carbons (Fsp3) is 0.562. The van der Waals surface area contributed by atoms with E-state index in [1.165, 1.54) is 19.3 Å². The molecule has 1 aliphatic rings. The number of aromatic nitrogens is 2. The number of hydrogen-bond donors (Lipinski definition) is 2. The fourth-order valence-corrected chi connectivity index (χ4v) is 3.47. The SMILES string of the molecule is Cc1nc2cc(N)ccc2n1CC1(CO)CCCCC1. The van der Waals surface area contributed by atoms with Gasteiger partial charge in [0.2, 0.25) is 0 Å². The summed E-state index contributed by atoms with van der Waals surface area (Å²) in [4.78, 5) is 4.61. The summed E-state index contributed by atoms with van der Waals surface area (Å²) in [5.74, 6) is 1.00. The Balaban J connectivity index is 1.99. The predicted octanol–water partition coefficient (Wildman–Crippen LogP) is 2.87. The molecule has 4 heteroatoms. The minimum atomic E-state index is 0.0258. The summed E-state index contributed by atoms with van der Waals surface area (Å²) in [5.41, 5.74) is 8.67. The summed E-state index contributed by atoms with van der Waals surface area (Å²) in [5, 5.41) is 9.89. The van der Waals surface area contributed by atoms with E-state index in [0.717, 1.165) is 41.9 Å². The van der Waals surface area contributed by atoms with Crippen molar-refractivity contribution in [3.8, 4) is 0 Å². The standard InChI is InChI=1S/C16H23N3O/c1-12-18-14-9-13(17)5-6-15(14)19(12)10-16(11-20)7-3-2-4-8-16/h5-6,9,20H,2-4,7-8,10-11,17H2,1H3. The minimum absolute atomic E-state index is 0.0258. The van der Waals surface area contributed by atoms with E-state index in [1.807, 2.05) is 25.1 Å². The third kappa shape index (κ3) is 2.29. The molecule has 0 bridgehead atoms. The average Bonchev–Trinajstić information content (AvgIpc) is 2.75. The molecule has 0 amide bonds. The number of benzene rings is 1. The van der Waals surface area contributed by atoms with E-state index in [2.05, 4.69) is 9.55 Å². The Labute approximate surface area is 119 Å². The maximum atomic E-state index is 9.89. The topological polar surface area (TPSA) is 64.1 Å². The van der Waals surface area contributed by atoms with Crippen molar-refractivity contribution in [1.82, 2.24) is 9.55 Å². The van der Waals surface area contributed by atoms with Crippen LogP contribution in [0.3, 0.4) is 0 Å². The van der Waals surface area contributed by atoms with Crippen molar-refractivity contribution in [2.45, 2.75) is 45.6 Å². The van der Waals surface area contributed by atoms with E-state index in [4.69, 9.17) is 5.73 Å². The van der Waals surface area contributed by atoms with Crippen molar-refractivity contribution >= 4 is 16.7 Å². The molecular weight excluding hydrogens is 250 g/mol. The zero-order chi connectivity index (χ0) is 14.2. The van der Waals surface area contributed by atoms with Gasteiger partial charge in [-0.15, -0.1) is 0 Å². The number of nitrogens with zero attached hydrogens (tertiary/aromatic N) is 2. The van der Waals surface area contributed by atoms with E-state index in [0.29, 0.717) is 0 Å². The molecule has 0 atom stereocenters. The second-order valence-electron chi connectivity index (χ2n) is 6.21. The number of aliphatic hydroxyl groups excluding tert-OH is 1. The van der Waals surface area contributed by atoms with Gasteiger partial charge in [-0.2, -0.15) is 0 Å². The van der Waals surface area contributed by atoms with Crippen molar-refractivity contribution in [3.63, 3.8) is 0 Å². The first kappa shape index (κ1) is 13.4. The summed E-state index contributed by atoms with van der Waals surface area (Å²) in [6.45, 7) is 3.15. The number of aryl methyl sites for hydroxylation is 1. The maximum Gasteiger partial charge on any atom is 0.106 e. The van der Waals surface area contributed by atoms with Gasteiger partial charge in [0.25, 0.3) is 0 Å². The molecule has 3 rings (SSSR count). The van der Waals surface area contributed by atoms with Crippen molar-refractivity contribution in [2.24, 2.45) is 5.41 Å². The first-order valence-electron chi connectivity index (χ1n) is 7.47. The molecule has 20 heavy (non-hydrogen) atoms. The number of nitrogens with two attached hydrogens (primary N) is 1. The number of aliphatic hydroxyl groups is 1. The smallest absolute Gasteiger partial charge is 0.106 e. The van der Waals surface area contributed by atoms with Gasteiger partial charge in [-0.05, 0) is 38.0 Å². The summed E-state index contributed by atoms with van der Waals surface area (Å²) in [6, 6.07) is 5.89. The molecule has 0 aliphatic heterocycles. The predicted molar refractivity (Wildman–Crippen MR) is 81.5 cm³/mol. The van der Waals surface area contributed by atoms with Crippen molar-refractivity contribution < 1.29 is 5.11 Å². The normalized spacial score (nSPS) is 18.5. The van der Waals surface area contributed by atoms with Gasteiger partial charge in [0.1, 0.15) is 5.82 Å². The number of nitrogen functional groups attached to an aromatic ring is 1. The maximum absolute atomic E-state index is 9.89. The Bertz CT molecular complexity index is 611. The van der Waals surface area contributed by atoms with Crippen molar-refractivity contribution in [3.05, 3.63) is 24.0 Å². The first-order valence-corrected chi connectivity index (χ1v) is 7.47. The van der Waals surface area contributed by atoms with Crippen molar-refractivity contribution in [2.75, 3.05) is 12.3 Å². The minimum Gasteiger partial charge on any atom is -0.399 e. The molecule has 0 spiro atoms. The number of imidazole rings is 1. The van der Waals surface area contributed by atoms with Crippen LogP contribution < -0.4 is 5.73 Å². The van der Waals surface area contributed by atoms with E-state index >= 15 is 0 Å². The molecule has 1 aliphatic carbocycles. The van der Waals surface area contributed by atoms with Gasteiger partial charge in [-0.1, -0.05) is 19.3 Å². The van der Waals surface area contributed by atoms with Crippen molar-refractivity contribution in [1.29, 1.82) is 0 Å². The summed E-state index contributed by atoms with van der Waals surface area (Å²) < 4.78 is 2.25. The van der Waals surface area contributed by atoms with E-state index < -0.39 is 0 Å². The highest BCUT2D eigenvalue weighted by Crippen LogP contribution is 2.38. The molecule has 0 saturated heterocycles. The van der Waals surface area contributed by atoms with Crippen LogP contribution in [0.15, 0.2) is 18.2 Å². The van der Waals surface area contributed by atoms with E-state index in [-0.39, 0.29) is 12.0 Å². The summed E-state index contributed by atoms with van der Waals surface area (Å²) in [6.07, 6.45) is 5.95. The van der Waals surface area contributed by atoms with Crippen LogP contribution in [0.5, 0.6) is 0 Å². The first-order chi connectivity index (χ1) is 9.63. The molecule has 1 fully saturated rings. The molecule has 4 nitrogen and oxygen atoms in total. The number of rotatable bonds is 3. The summed E-state index contributed by atoms with van der Waals surface area (Å²) >= 11 is 0. The van der Waals surface area contributed by atoms with Crippen LogP contribution in [0, 0.1) is 12.3 Å². The molecule has 0 radical (unpaired) electrons. The largest absolute Gasteiger partial charge is 0.399 e. The van der Waals surface area contributed by atoms with Crippen LogP contribution in [0.2, 0.25) is 0 Å². The van der Waals surface area contributed by atoms with Gasteiger partial charge in [0, 0.05) is 17.6 Å². The molecule has 2 aromatic rings. The Morgan fingerprint density at radius 3 is 2.75 bits per heavy atom. The van der Waals surface area contributed by atoms with Gasteiger partial charge >= 0.3 is 0 Å². The lowest BCUT2D eigenvalue weighted by molar-refractivity contribution is 0.0652. The Morgan fingerprint density at radius 2 is 2.05 bits per heavy atom. The number of anilines is 1. The molecule has 1 aromatic heterocycles. The van der Waals surface area contributed by atoms with Crippen LogP contribution in [0.4, 0.5) is 5.69 Å². The Morgan fingerprint density at radius 1 is 1.30 bits per heavy atom. The Hall–Kier alpha value is -1.55. The fourth-order valence-electron chi connectivity index (χ4n) is 3.47. The zero-order valence-corrected chi connectivity index (χ0v) is 12.1. The lowest BCUT2D eigenvalue weighted by Crippen LogP contribution is -2.33. The molecule has 1 aromatic carbocycles. The molecule has 1 heterocycles. The zero-order valence-electron chi connectivity index (χ0n) is 12.1. The van der Waals surface area contributed by atoms with E-state index in [9.17, 15) is 5.11 Å². The van der Waals surface area contributed by atoms with Gasteiger partial charge in [-0.25, -0.2) is 4.98 Å². The lowest BCUT2D eigenvalue weighted by Gasteiger charge is -2.36. The number of fused-ring (bicyclic) bond motifs is 1. The highest BCUT2D eigenvalue weighted by Gasteiger charge is 2.32. The molecule has 3 N–H and O–H groups in total. The third-order valence-electron chi connectivity index (χ3n) is 4.71. The van der Waals surface area contributed by atoms with Crippen LogP contribution in [0.25, 0.3) is 11.0 Å².